The summed E-state index contributed by atoms with van der Waals surface area (Å²) in [5.74, 6) is -1.29. The summed E-state index contributed by atoms with van der Waals surface area (Å²) in [6.07, 6.45) is -3.84. The number of hydrogen-bond acceptors (Lipinski definition) is 6. The van der Waals surface area contributed by atoms with E-state index in [-0.39, 0.29) is 29.2 Å². The van der Waals surface area contributed by atoms with E-state index in [1.807, 2.05) is 0 Å². The molecule has 0 aliphatic carbocycles. The van der Waals surface area contributed by atoms with Gasteiger partial charge in [-0.05, 0) is 43.2 Å². The Bertz CT molecular complexity index is 1280. The Morgan fingerprint density at radius 1 is 1.22 bits per heavy atom. The number of alkyl halides is 3. The van der Waals surface area contributed by atoms with Crippen molar-refractivity contribution in [3.8, 4) is 0 Å². The van der Waals surface area contributed by atoms with Gasteiger partial charge in [0.1, 0.15) is 15.9 Å². The summed E-state index contributed by atoms with van der Waals surface area (Å²) >= 11 is 6.52. The molecule has 1 aromatic heterocycles. The van der Waals surface area contributed by atoms with Crippen molar-refractivity contribution in [1.82, 2.24) is 13.1 Å². The SMILES string of the molecule is O=C(Nc1ccc(Cl)c(C(F)(F)F)c1)[C@H]1CCCN(S(=O)(=O)c2cccc3nsnc23)C1. The van der Waals surface area contributed by atoms with Crippen molar-refractivity contribution >= 4 is 56.0 Å². The molecule has 7 nitrogen and oxygen atoms in total. The predicted octanol–water partition coefficient (Wildman–Crippen LogP) is 4.40. The number of nitrogens with zero attached hydrogens (tertiary/aromatic N) is 3. The van der Waals surface area contributed by atoms with Crippen molar-refractivity contribution in [2.75, 3.05) is 18.4 Å². The first-order valence-corrected chi connectivity index (χ1v) is 12.0. The van der Waals surface area contributed by atoms with E-state index in [1.54, 1.807) is 12.1 Å². The fourth-order valence-electron chi connectivity index (χ4n) is 3.57. The quantitative estimate of drug-likeness (QED) is 0.568. The van der Waals surface area contributed by atoms with Crippen LogP contribution in [0.5, 0.6) is 0 Å². The maximum absolute atomic E-state index is 13.2. The van der Waals surface area contributed by atoms with Gasteiger partial charge in [-0.25, -0.2) is 8.42 Å². The minimum Gasteiger partial charge on any atom is -0.326 e. The van der Waals surface area contributed by atoms with Crippen molar-refractivity contribution in [3.05, 3.63) is 47.0 Å². The first kappa shape index (κ1) is 22.9. The van der Waals surface area contributed by atoms with Crippen LogP contribution in [0.3, 0.4) is 0 Å². The van der Waals surface area contributed by atoms with Gasteiger partial charge in [-0.15, -0.1) is 0 Å². The number of piperidine rings is 1. The minimum atomic E-state index is -4.67. The molecule has 2 aromatic carbocycles. The van der Waals surface area contributed by atoms with E-state index >= 15 is 0 Å². The van der Waals surface area contributed by atoms with Gasteiger partial charge in [0.15, 0.2) is 0 Å². The summed E-state index contributed by atoms with van der Waals surface area (Å²) < 4.78 is 75.0. The molecule has 1 aliphatic rings. The van der Waals surface area contributed by atoms with Gasteiger partial charge in [0.25, 0.3) is 0 Å². The lowest BCUT2D eigenvalue weighted by molar-refractivity contribution is -0.137. The summed E-state index contributed by atoms with van der Waals surface area (Å²) in [5, 5.41) is 1.97. The van der Waals surface area contributed by atoms with E-state index in [1.165, 1.54) is 16.4 Å². The molecule has 4 rings (SSSR count). The van der Waals surface area contributed by atoms with E-state index in [9.17, 15) is 26.4 Å². The number of benzene rings is 2. The molecular weight excluding hydrogens is 489 g/mol. The summed E-state index contributed by atoms with van der Waals surface area (Å²) in [5.41, 5.74) is -0.393. The first-order chi connectivity index (χ1) is 15.1. The third kappa shape index (κ3) is 4.45. The topological polar surface area (TPSA) is 92.3 Å². The number of sulfonamides is 1. The predicted molar refractivity (Wildman–Crippen MR) is 114 cm³/mol. The van der Waals surface area contributed by atoms with Gasteiger partial charge in [0.2, 0.25) is 15.9 Å². The number of nitrogens with one attached hydrogen (secondary N) is 1. The number of fused-ring (bicyclic) bond motifs is 1. The second kappa shape index (κ2) is 8.58. The van der Waals surface area contributed by atoms with Crippen molar-refractivity contribution < 1.29 is 26.4 Å². The van der Waals surface area contributed by atoms with Gasteiger partial charge >= 0.3 is 6.18 Å². The Balaban J connectivity index is 1.53. The van der Waals surface area contributed by atoms with E-state index in [0.29, 0.717) is 18.4 Å². The standard InChI is InChI=1S/C19H16ClF3N4O3S2/c20-14-7-6-12(9-13(14)19(21,22)23)24-18(28)11-3-2-8-27(10-11)32(29,30)16-5-1-4-15-17(16)26-31-25-15/h1,4-7,9,11H,2-3,8,10H2,(H,24,28)/t11-/m0/s1. The Morgan fingerprint density at radius 2 is 2.00 bits per heavy atom. The van der Waals surface area contributed by atoms with Crippen LogP contribution >= 0.6 is 23.3 Å². The summed E-state index contributed by atoms with van der Waals surface area (Å²) in [4.78, 5) is 12.7. The fourth-order valence-corrected chi connectivity index (χ4v) is 6.07. The zero-order chi connectivity index (χ0) is 23.1. The van der Waals surface area contributed by atoms with Crippen LogP contribution in [0.1, 0.15) is 18.4 Å². The Kier molecular flexibility index (Phi) is 6.14. The van der Waals surface area contributed by atoms with Crippen molar-refractivity contribution in [2.24, 2.45) is 5.92 Å². The van der Waals surface area contributed by atoms with Crippen LogP contribution in [0.4, 0.5) is 18.9 Å². The zero-order valence-electron chi connectivity index (χ0n) is 16.3. The van der Waals surface area contributed by atoms with Gasteiger partial charge in [-0.1, -0.05) is 17.7 Å². The molecule has 0 unspecified atom stereocenters. The van der Waals surface area contributed by atoms with Crippen molar-refractivity contribution in [2.45, 2.75) is 23.9 Å². The Labute approximate surface area is 190 Å². The lowest BCUT2D eigenvalue weighted by Crippen LogP contribution is -2.43. The Hall–Kier alpha value is -2.28. The lowest BCUT2D eigenvalue weighted by atomic mass is 9.98. The molecule has 1 atom stereocenters. The molecule has 2 heterocycles. The van der Waals surface area contributed by atoms with E-state index in [2.05, 4.69) is 14.1 Å². The van der Waals surface area contributed by atoms with Gasteiger partial charge < -0.3 is 5.32 Å². The lowest BCUT2D eigenvalue weighted by Gasteiger charge is -2.31. The van der Waals surface area contributed by atoms with Crippen molar-refractivity contribution in [1.29, 1.82) is 0 Å². The third-order valence-electron chi connectivity index (χ3n) is 5.16. The van der Waals surface area contributed by atoms with E-state index < -0.39 is 38.6 Å². The van der Waals surface area contributed by atoms with Crippen LogP contribution in [-0.2, 0) is 21.0 Å². The molecule has 1 fully saturated rings. The average molecular weight is 505 g/mol. The average Bonchev–Trinajstić information content (AvgIpc) is 3.23. The van der Waals surface area contributed by atoms with Gasteiger partial charge in [0, 0.05) is 18.8 Å². The second-order valence-electron chi connectivity index (χ2n) is 7.27. The number of carbonyl (C=O) groups is 1. The van der Waals surface area contributed by atoms with Crippen LogP contribution in [-0.4, -0.2) is 40.5 Å². The van der Waals surface area contributed by atoms with Crippen LogP contribution in [0.25, 0.3) is 11.0 Å². The molecule has 0 radical (unpaired) electrons. The van der Waals surface area contributed by atoms with E-state index in [4.69, 9.17) is 11.6 Å². The zero-order valence-corrected chi connectivity index (χ0v) is 18.7. The summed E-state index contributed by atoms with van der Waals surface area (Å²) in [7, 11) is -3.94. The normalized spacial score (nSPS) is 18.1. The molecule has 1 saturated heterocycles. The molecule has 170 valence electrons. The monoisotopic (exact) mass is 504 g/mol. The van der Waals surface area contributed by atoms with Gasteiger partial charge in [0.05, 0.1) is 28.2 Å². The number of carbonyl (C=O) groups excluding carboxylic acids is 1. The Morgan fingerprint density at radius 3 is 2.75 bits per heavy atom. The number of hydrogen-bond donors (Lipinski definition) is 1. The number of aromatic nitrogens is 2. The molecule has 0 saturated carbocycles. The molecule has 32 heavy (non-hydrogen) atoms. The molecule has 13 heteroatoms. The molecule has 1 aliphatic heterocycles. The molecule has 0 bridgehead atoms. The highest BCUT2D eigenvalue weighted by Gasteiger charge is 2.36. The number of halogens is 4. The van der Waals surface area contributed by atoms with Gasteiger partial charge in [-0.2, -0.15) is 26.2 Å². The molecular formula is C19H16ClF3N4O3S2. The molecule has 3 aromatic rings. The smallest absolute Gasteiger partial charge is 0.326 e. The maximum Gasteiger partial charge on any atom is 0.417 e. The first-order valence-electron chi connectivity index (χ1n) is 9.46. The molecule has 1 N–H and O–H groups in total. The second-order valence-corrected chi connectivity index (χ2v) is 10.1. The minimum absolute atomic E-state index is 0.0114. The fraction of sp³-hybridized carbons (Fsp3) is 0.316. The van der Waals surface area contributed by atoms with Gasteiger partial charge in [-0.3, -0.25) is 4.79 Å². The van der Waals surface area contributed by atoms with Crippen LogP contribution in [0.2, 0.25) is 5.02 Å². The largest absolute Gasteiger partial charge is 0.417 e. The van der Waals surface area contributed by atoms with Crippen LogP contribution in [0.15, 0.2) is 41.3 Å². The molecule has 1 amide bonds. The number of amides is 1. The highest BCUT2D eigenvalue weighted by Crippen LogP contribution is 2.36. The summed E-state index contributed by atoms with van der Waals surface area (Å²) in [6.45, 7) is 0.126. The molecule has 0 spiro atoms. The highest BCUT2D eigenvalue weighted by molar-refractivity contribution is 7.89. The maximum atomic E-state index is 13.2. The summed E-state index contributed by atoms with van der Waals surface area (Å²) in [6, 6.07) is 7.75. The number of anilines is 1. The highest BCUT2D eigenvalue weighted by atomic mass is 35.5. The van der Waals surface area contributed by atoms with Crippen LogP contribution < -0.4 is 5.32 Å². The van der Waals surface area contributed by atoms with Crippen molar-refractivity contribution in [3.63, 3.8) is 0 Å². The van der Waals surface area contributed by atoms with Crippen LogP contribution in [0, 0.1) is 5.92 Å². The third-order valence-corrected chi connectivity index (χ3v) is 7.93. The number of rotatable bonds is 4. The van der Waals surface area contributed by atoms with E-state index in [0.717, 1.165) is 23.9 Å².